The summed E-state index contributed by atoms with van der Waals surface area (Å²) in [7, 11) is 0. The molecule has 0 bridgehead atoms. The van der Waals surface area contributed by atoms with Crippen molar-refractivity contribution in [3.05, 3.63) is 33.3 Å². The van der Waals surface area contributed by atoms with Crippen LogP contribution >= 0.6 is 23.2 Å². The zero-order chi connectivity index (χ0) is 19.9. The fourth-order valence-corrected chi connectivity index (χ4v) is 4.43. The normalized spacial score (nSPS) is 21.9. The predicted molar refractivity (Wildman–Crippen MR) is 99.4 cm³/mol. The Morgan fingerprint density at radius 3 is 2.59 bits per heavy atom. The fraction of sp³-hybridized carbons (Fsp3) is 0.421. The van der Waals surface area contributed by atoms with Gasteiger partial charge >= 0.3 is 11.9 Å². The van der Waals surface area contributed by atoms with E-state index in [2.05, 4.69) is 6.92 Å². The number of carboxylic acid groups (broad SMARTS) is 2. The van der Waals surface area contributed by atoms with Crippen molar-refractivity contribution in [2.24, 2.45) is 5.41 Å². The Morgan fingerprint density at radius 2 is 2.00 bits per heavy atom. The summed E-state index contributed by atoms with van der Waals surface area (Å²) in [5, 5.41) is 18.3. The molecule has 2 aliphatic rings. The van der Waals surface area contributed by atoms with Crippen LogP contribution in [0.4, 0.5) is 0 Å². The molecule has 6 nitrogen and oxygen atoms in total. The molecular weight excluding hydrogens is 395 g/mol. The Balaban J connectivity index is 2.06. The van der Waals surface area contributed by atoms with E-state index in [-0.39, 0.29) is 27.0 Å². The van der Waals surface area contributed by atoms with E-state index in [0.29, 0.717) is 24.8 Å². The van der Waals surface area contributed by atoms with Gasteiger partial charge in [0.15, 0.2) is 5.78 Å². The Bertz CT molecular complexity index is 875. The van der Waals surface area contributed by atoms with Crippen LogP contribution in [0.2, 0.25) is 10.0 Å². The van der Waals surface area contributed by atoms with Crippen LogP contribution in [0.5, 0.6) is 5.75 Å². The molecule has 2 aliphatic carbocycles. The first-order valence-electron chi connectivity index (χ1n) is 8.56. The molecule has 27 heavy (non-hydrogen) atoms. The lowest BCUT2D eigenvalue weighted by Crippen LogP contribution is -2.29. The van der Waals surface area contributed by atoms with Crippen molar-refractivity contribution in [1.29, 1.82) is 0 Å². The second-order valence-electron chi connectivity index (χ2n) is 6.91. The van der Waals surface area contributed by atoms with Crippen LogP contribution in [-0.4, -0.2) is 34.0 Å². The van der Waals surface area contributed by atoms with Gasteiger partial charge in [0.25, 0.3) is 0 Å². The van der Waals surface area contributed by atoms with E-state index < -0.39 is 24.5 Å². The molecule has 3 rings (SSSR count). The lowest BCUT2D eigenvalue weighted by atomic mass is 9.71. The monoisotopic (exact) mass is 412 g/mol. The Labute approximate surface area is 165 Å². The molecule has 0 spiro atoms. The molecular formula is C19H18Cl2O6. The smallest absolute Gasteiger partial charge is 0.345 e. The number of benzene rings is 1. The third-order valence-corrected chi connectivity index (χ3v) is 6.21. The van der Waals surface area contributed by atoms with E-state index in [1.165, 1.54) is 0 Å². The maximum absolute atomic E-state index is 12.0. The molecule has 144 valence electrons. The average Bonchev–Trinajstić information content (AvgIpc) is 2.92. The molecule has 1 aromatic carbocycles. The molecule has 0 fully saturated rings. The molecule has 0 saturated heterocycles. The second-order valence-corrected chi connectivity index (χ2v) is 7.67. The third-order valence-electron chi connectivity index (χ3n) is 5.36. The highest BCUT2D eigenvalue weighted by molar-refractivity contribution is 6.44. The number of carbonyl (C=O) groups is 3. The Kier molecular flexibility index (Phi) is 5.23. The van der Waals surface area contributed by atoms with Gasteiger partial charge in [0.2, 0.25) is 6.10 Å². The molecule has 8 heteroatoms. The highest BCUT2D eigenvalue weighted by atomic mass is 35.5. The lowest BCUT2D eigenvalue weighted by Gasteiger charge is -2.32. The summed E-state index contributed by atoms with van der Waals surface area (Å²) >= 11 is 12.8. The van der Waals surface area contributed by atoms with Gasteiger partial charge in [-0.1, -0.05) is 30.1 Å². The number of allylic oxidation sites excluding steroid dienone is 2. The summed E-state index contributed by atoms with van der Waals surface area (Å²) in [5.41, 5.74) is 2.19. The minimum Gasteiger partial charge on any atom is -0.481 e. The second kappa shape index (κ2) is 7.17. The van der Waals surface area contributed by atoms with E-state index in [9.17, 15) is 19.5 Å². The number of fused-ring (bicyclic) bond motifs is 3. The van der Waals surface area contributed by atoms with Crippen LogP contribution in [0.1, 0.15) is 43.7 Å². The molecule has 0 aromatic heterocycles. The molecule has 1 aromatic rings. The average molecular weight is 413 g/mol. The van der Waals surface area contributed by atoms with Gasteiger partial charge in [-0.15, -0.1) is 0 Å². The molecule has 0 saturated carbocycles. The van der Waals surface area contributed by atoms with Crippen molar-refractivity contribution < 1.29 is 29.3 Å². The van der Waals surface area contributed by atoms with Crippen LogP contribution in [0.15, 0.2) is 12.1 Å². The number of ether oxygens (including phenoxy) is 1. The molecule has 0 aliphatic heterocycles. The summed E-state index contributed by atoms with van der Waals surface area (Å²) in [6.45, 7) is 2.05. The van der Waals surface area contributed by atoms with Crippen molar-refractivity contribution in [2.45, 2.75) is 45.1 Å². The van der Waals surface area contributed by atoms with Gasteiger partial charge in [-0.25, -0.2) is 4.79 Å². The van der Waals surface area contributed by atoms with E-state index in [4.69, 9.17) is 33.0 Å². The van der Waals surface area contributed by atoms with Gasteiger partial charge in [0.05, 0.1) is 11.4 Å². The van der Waals surface area contributed by atoms with Crippen LogP contribution in [0.3, 0.4) is 0 Å². The number of aliphatic carboxylic acids is 2. The largest absolute Gasteiger partial charge is 0.481 e. The Hall–Kier alpha value is -2.05. The van der Waals surface area contributed by atoms with Gasteiger partial charge in [-0.05, 0) is 42.5 Å². The fourth-order valence-electron chi connectivity index (χ4n) is 3.92. The first kappa shape index (κ1) is 19.7. The van der Waals surface area contributed by atoms with Gasteiger partial charge in [-0.3, -0.25) is 9.59 Å². The predicted octanol–water partition coefficient (Wildman–Crippen LogP) is 4.00. The molecule has 0 radical (unpaired) electrons. The first-order chi connectivity index (χ1) is 12.7. The number of ketones is 1. The summed E-state index contributed by atoms with van der Waals surface area (Å²) < 4.78 is 5.38. The Morgan fingerprint density at radius 1 is 1.30 bits per heavy atom. The molecule has 0 amide bonds. The standard InChI is InChI=1S/C19H18Cl2O6/c1-2-19-4-3-10(22)6-11(19)15-9(8-19)5-12(16(20)17(15)21)27-13(18(25)26)7-14(23)24/h5-6,13H,2-4,7-8H2,1H3,(H,23,24)(H,25,26). The summed E-state index contributed by atoms with van der Waals surface area (Å²) in [6, 6.07) is 1.61. The van der Waals surface area contributed by atoms with Crippen molar-refractivity contribution in [3.8, 4) is 5.75 Å². The number of hydrogen-bond donors (Lipinski definition) is 2. The van der Waals surface area contributed by atoms with Crippen molar-refractivity contribution in [2.75, 3.05) is 0 Å². The lowest BCUT2D eigenvalue weighted by molar-refractivity contribution is -0.151. The van der Waals surface area contributed by atoms with E-state index in [1.54, 1.807) is 12.1 Å². The van der Waals surface area contributed by atoms with E-state index in [1.807, 2.05) is 0 Å². The number of halogens is 2. The topological polar surface area (TPSA) is 101 Å². The van der Waals surface area contributed by atoms with Gasteiger partial charge in [0, 0.05) is 17.4 Å². The van der Waals surface area contributed by atoms with Crippen molar-refractivity contribution in [3.63, 3.8) is 0 Å². The minimum absolute atomic E-state index is 0.0119. The molecule has 2 unspecified atom stereocenters. The number of rotatable bonds is 6. The molecule has 2 atom stereocenters. The summed E-state index contributed by atoms with van der Waals surface area (Å²) in [6.07, 6.45) is 1.98. The first-order valence-corrected chi connectivity index (χ1v) is 9.31. The SMILES string of the molecule is CCC12CCC(=O)C=C1c1c(cc(OC(CC(=O)O)C(=O)O)c(Cl)c1Cl)C2. The maximum atomic E-state index is 12.0. The number of carboxylic acids is 2. The van der Waals surface area contributed by atoms with Gasteiger partial charge in [0.1, 0.15) is 10.8 Å². The number of hydrogen-bond acceptors (Lipinski definition) is 4. The van der Waals surface area contributed by atoms with Gasteiger partial charge in [-0.2, -0.15) is 0 Å². The quantitative estimate of drug-likeness (QED) is 0.731. The highest BCUT2D eigenvalue weighted by Gasteiger charge is 2.45. The molecule has 2 N–H and O–H groups in total. The van der Waals surface area contributed by atoms with Gasteiger partial charge < -0.3 is 14.9 Å². The molecule has 0 heterocycles. The highest BCUT2D eigenvalue weighted by Crippen LogP contribution is 2.57. The number of carbonyl (C=O) groups excluding carboxylic acids is 1. The van der Waals surface area contributed by atoms with E-state index >= 15 is 0 Å². The van der Waals surface area contributed by atoms with Crippen LogP contribution in [0.25, 0.3) is 5.57 Å². The van der Waals surface area contributed by atoms with Crippen molar-refractivity contribution in [1.82, 2.24) is 0 Å². The third kappa shape index (κ3) is 3.44. The van der Waals surface area contributed by atoms with Crippen LogP contribution in [0, 0.1) is 5.41 Å². The maximum Gasteiger partial charge on any atom is 0.345 e. The van der Waals surface area contributed by atoms with Crippen LogP contribution in [-0.2, 0) is 20.8 Å². The zero-order valence-electron chi connectivity index (χ0n) is 14.6. The van der Waals surface area contributed by atoms with Crippen molar-refractivity contribution >= 4 is 46.5 Å². The van der Waals surface area contributed by atoms with Crippen LogP contribution < -0.4 is 4.74 Å². The minimum atomic E-state index is -1.58. The zero-order valence-corrected chi connectivity index (χ0v) is 16.1. The summed E-state index contributed by atoms with van der Waals surface area (Å²) in [5.74, 6) is -2.63. The van der Waals surface area contributed by atoms with E-state index in [0.717, 1.165) is 17.6 Å². The summed E-state index contributed by atoms with van der Waals surface area (Å²) in [4.78, 5) is 34.1.